The molecule has 0 bridgehead atoms. The van der Waals surface area contributed by atoms with Gasteiger partial charge in [0.05, 0.1) is 20.8 Å². The average molecular weight is 650 g/mol. The minimum atomic E-state index is -1.01. The molecule has 2 aliphatic rings. The lowest BCUT2D eigenvalue weighted by Crippen LogP contribution is -2.24. The standard InChI is InChI=1S/C15H17BrN6O2.C9H9BrN2O2/c1-17-15(24)12-10(7-19-22(12)2)20-14(23)11-9(16)6-18-13(21-11)8-4-3-5-8;10-6-4-11-8(5-2-1-3-5)12-7(6)9(13)14/h6-8H,3-5H2,1-2H3,(H,17,24)(H,20,23);4-5H,1-3H2,(H,13,14). The van der Waals surface area contributed by atoms with Crippen molar-refractivity contribution in [1.82, 2.24) is 35.0 Å². The number of halogens is 2. The minimum absolute atomic E-state index is 0.0573. The molecule has 3 aromatic heterocycles. The van der Waals surface area contributed by atoms with E-state index in [2.05, 4.69) is 67.5 Å². The van der Waals surface area contributed by atoms with E-state index < -0.39 is 11.9 Å². The van der Waals surface area contributed by atoms with Crippen LogP contribution >= 0.6 is 31.9 Å². The third-order valence-electron chi connectivity index (χ3n) is 6.51. The maximum atomic E-state index is 12.6. The Morgan fingerprint density at radius 2 is 1.42 bits per heavy atom. The van der Waals surface area contributed by atoms with Crippen LogP contribution in [0.3, 0.4) is 0 Å². The third kappa shape index (κ3) is 6.07. The van der Waals surface area contributed by atoms with Crippen molar-refractivity contribution in [1.29, 1.82) is 0 Å². The zero-order valence-electron chi connectivity index (χ0n) is 20.7. The molecule has 14 heteroatoms. The average Bonchev–Trinajstić information content (AvgIpc) is 3.18. The van der Waals surface area contributed by atoms with Crippen LogP contribution in [0, 0.1) is 0 Å². The van der Waals surface area contributed by atoms with Crippen LogP contribution < -0.4 is 10.6 Å². The van der Waals surface area contributed by atoms with Crippen molar-refractivity contribution < 1.29 is 19.5 Å². The largest absolute Gasteiger partial charge is 0.476 e. The number of carboxylic acids is 1. The molecule has 2 aliphatic carbocycles. The zero-order chi connectivity index (χ0) is 27.4. The molecule has 0 saturated heterocycles. The first-order chi connectivity index (χ1) is 18.2. The molecule has 3 heterocycles. The Hall–Kier alpha value is -3.26. The summed E-state index contributed by atoms with van der Waals surface area (Å²) in [6.45, 7) is 0. The van der Waals surface area contributed by atoms with E-state index in [0.717, 1.165) is 32.1 Å². The molecule has 200 valence electrons. The molecule has 12 nitrogen and oxygen atoms in total. The summed E-state index contributed by atoms with van der Waals surface area (Å²) in [5.74, 6) is 0.278. The maximum absolute atomic E-state index is 12.6. The predicted molar refractivity (Wildman–Crippen MR) is 144 cm³/mol. The van der Waals surface area contributed by atoms with Crippen molar-refractivity contribution in [2.45, 2.75) is 50.4 Å². The summed E-state index contributed by atoms with van der Waals surface area (Å²) >= 11 is 6.43. The van der Waals surface area contributed by atoms with E-state index in [-0.39, 0.29) is 23.0 Å². The van der Waals surface area contributed by atoms with Gasteiger partial charge in [0.1, 0.15) is 23.0 Å². The molecule has 3 aromatic rings. The van der Waals surface area contributed by atoms with Crippen LogP contribution in [-0.2, 0) is 7.05 Å². The van der Waals surface area contributed by atoms with Gasteiger partial charge in [-0.1, -0.05) is 12.8 Å². The van der Waals surface area contributed by atoms with Gasteiger partial charge in [-0.2, -0.15) is 5.10 Å². The van der Waals surface area contributed by atoms with Gasteiger partial charge in [0.25, 0.3) is 11.8 Å². The van der Waals surface area contributed by atoms with Gasteiger partial charge in [-0.15, -0.1) is 0 Å². The lowest BCUT2D eigenvalue weighted by Gasteiger charge is -2.23. The van der Waals surface area contributed by atoms with Gasteiger partial charge in [-0.05, 0) is 57.5 Å². The van der Waals surface area contributed by atoms with Gasteiger partial charge in [0, 0.05) is 38.3 Å². The normalized spacial score (nSPS) is 14.9. The highest BCUT2D eigenvalue weighted by atomic mass is 79.9. The SMILES string of the molecule is CNC(=O)c1c(NC(=O)c2nc(C3CCC3)ncc2Br)cnn1C.O=C(O)c1nc(C2CCC2)ncc1Br. The number of aryl methyl sites for hydroxylation is 1. The van der Waals surface area contributed by atoms with Crippen molar-refractivity contribution >= 4 is 55.3 Å². The Labute approximate surface area is 235 Å². The Balaban J connectivity index is 0.000000204. The molecule has 2 saturated carbocycles. The van der Waals surface area contributed by atoms with Crippen LogP contribution in [0.5, 0.6) is 0 Å². The number of carbonyl (C=O) groups is 3. The van der Waals surface area contributed by atoms with Gasteiger partial charge in [-0.25, -0.2) is 24.7 Å². The first kappa shape index (κ1) is 27.8. The lowest BCUT2D eigenvalue weighted by atomic mass is 9.85. The number of carbonyl (C=O) groups excluding carboxylic acids is 2. The number of hydrogen-bond acceptors (Lipinski definition) is 8. The molecule has 0 spiro atoms. The molecule has 0 unspecified atom stereocenters. The molecule has 0 radical (unpaired) electrons. The molecule has 0 aliphatic heterocycles. The third-order valence-corrected chi connectivity index (χ3v) is 7.67. The first-order valence-corrected chi connectivity index (χ1v) is 13.6. The van der Waals surface area contributed by atoms with Crippen molar-refractivity contribution in [2.75, 3.05) is 12.4 Å². The second-order valence-electron chi connectivity index (χ2n) is 8.97. The number of amides is 2. The van der Waals surface area contributed by atoms with E-state index >= 15 is 0 Å². The summed E-state index contributed by atoms with van der Waals surface area (Å²) in [5.41, 5.74) is 0.910. The van der Waals surface area contributed by atoms with Crippen molar-refractivity contribution in [2.24, 2.45) is 7.05 Å². The number of nitrogens with one attached hydrogen (secondary N) is 2. The van der Waals surface area contributed by atoms with Gasteiger partial charge in [0.2, 0.25) is 0 Å². The Kier molecular flexibility index (Phi) is 8.82. The summed E-state index contributed by atoms with van der Waals surface area (Å²) < 4.78 is 2.35. The smallest absolute Gasteiger partial charge is 0.355 e. The molecular weight excluding hydrogens is 624 g/mol. The van der Waals surface area contributed by atoms with Crippen LogP contribution in [0.15, 0.2) is 27.5 Å². The number of nitrogens with zero attached hydrogens (tertiary/aromatic N) is 6. The van der Waals surface area contributed by atoms with E-state index in [1.807, 2.05) is 0 Å². The van der Waals surface area contributed by atoms with Gasteiger partial charge in [0.15, 0.2) is 5.69 Å². The maximum Gasteiger partial charge on any atom is 0.355 e. The molecule has 38 heavy (non-hydrogen) atoms. The van der Waals surface area contributed by atoms with E-state index in [9.17, 15) is 14.4 Å². The summed E-state index contributed by atoms with van der Waals surface area (Å²) in [6, 6.07) is 0. The van der Waals surface area contributed by atoms with Gasteiger partial charge < -0.3 is 15.7 Å². The van der Waals surface area contributed by atoms with E-state index in [1.165, 1.54) is 30.5 Å². The minimum Gasteiger partial charge on any atom is -0.476 e. The monoisotopic (exact) mass is 648 g/mol. The molecular formula is C24H26Br2N8O4. The molecule has 0 atom stereocenters. The van der Waals surface area contributed by atoms with E-state index in [0.29, 0.717) is 38.1 Å². The fraction of sp³-hybridized carbons (Fsp3) is 0.417. The van der Waals surface area contributed by atoms with Gasteiger partial charge in [-0.3, -0.25) is 14.3 Å². The first-order valence-electron chi connectivity index (χ1n) is 12.0. The zero-order valence-corrected chi connectivity index (χ0v) is 23.9. The van der Waals surface area contributed by atoms with Crippen LogP contribution in [0.4, 0.5) is 5.69 Å². The quantitative estimate of drug-likeness (QED) is 0.357. The van der Waals surface area contributed by atoms with Crippen molar-refractivity contribution in [3.8, 4) is 0 Å². The summed E-state index contributed by atoms with van der Waals surface area (Å²) in [5, 5.41) is 18.1. The molecule has 5 rings (SSSR count). The Morgan fingerprint density at radius 1 is 0.895 bits per heavy atom. The number of anilines is 1. The summed E-state index contributed by atoms with van der Waals surface area (Å²) in [4.78, 5) is 52.2. The second-order valence-corrected chi connectivity index (χ2v) is 10.7. The predicted octanol–water partition coefficient (Wildman–Crippen LogP) is 4.06. The number of aromatic nitrogens is 6. The molecule has 0 aromatic carbocycles. The van der Waals surface area contributed by atoms with Crippen LogP contribution in [-0.4, -0.2) is 59.7 Å². The van der Waals surface area contributed by atoms with Crippen LogP contribution in [0.1, 0.15) is 93.5 Å². The fourth-order valence-electron chi connectivity index (χ4n) is 3.90. The molecule has 2 amide bonds. The number of carboxylic acid groups (broad SMARTS) is 1. The van der Waals surface area contributed by atoms with Crippen molar-refractivity contribution in [3.05, 3.63) is 56.3 Å². The Bertz CT molecular complexity index is 1370. The lowest BCUT2D eigenvalue weighted by molar-refractivity contribution is 0.0688. The summed E-state index contributed by atoms with van der Waals surface area (Å²) in [7, 11) is 3.16. The fourth-order valence-corrected chi connectivity index (χ4v) is 4.63. The number of aromatic carboxylic acids is 1. The molecule has 2 fully saturated rings. The van der Waals surface area contributed by atoms with Gasteiger partial charge >= 0.3 is 5.97 Å². The highest BCUT2D eigenvalue weighted by Crippen LogP contribution is 2.35. The second kappa shape index (κ2) is 12.1. The number of rotatable bonds is 6. The highest BCUT2D eigenvalue weighted by Gasteiger charge is 2.26. The molecule has 3 N–H and O–H groups in total. The van der Waals surface area contributed by atoms with Crippen molar-refractivity contribution in [3.63, 3.8) is 0 Å². The van der Waals surface area contributed by atoms with Crippen LogP contribution in [0.2, 0.25) is 0 Å². The topological polar surface area (TPSA) is 165 Å². The number of hydrogen-bond donors (Lipinski definition) is 3. The van der Waals surface area contributed by atoms with Crippen LogP contribution in [0.25, 0.3) is 0 Å². The van der Waals surface area contributed by atoms with E-state index in [4.69, 9.17) is 5.11 Å². The van der Waals surface area contributed by atoms with E-state index in [1.54, 1.807) is 13.2 Å². The Morgan fingerprint density at radius 3 is 1.89 bits per heavy atom. The summed E-state index contributed by atoms with van der Waals surface area (Å²) in [6.07, 6.45) is 11.1. The highest BCUT2D eigenvalue weighted by molar-refractivity contribution is 9.10.